The van der Waals surface area contributed by atoms with Gasteiger partial charge >= 0.3 is 0 Å². The molecule has 2 rings (SSSR count). The second kappa shape index (κ2) is 4.85. The third kappa shape index (κ3) is 2.06. The first-order chi connectivity index (χ1) is 7.74. The van der Waals surface area contributed by atoms with E-state index in [0.717, 1.165) is 30.6 Å². The second-order valence-electron chi connectivity index (χ2n) is 3.93. The molecule has 1 atom stereocenters. The lowest BCUT2D eigenvalue weighted by Gasteiger charge is -2.10. The highest BCUT2D eigenvalue weighted by atomic mass is 35.5. The summed E-state index contributed by atoms with van der Waals surface area (Å²) in [7, 11) is 0. The maximum absolute atomic E-state index is 11.7. The van der Waals surface area contributed by atoms with E-state index in [0.29, 0.717) is 5.02 Å². The molecule has 0 saturated heterocycles. The number of unbranched alkanes of at least 4 members (excludes halogenated alkanes) is 1. The Hall–Kier alpha value is -1.06. The van der Waals surface area contributed by atoms with Crippen LogP contribution in [0.15, 0.2) is 18.2 Å². The molecule has 1 aliphatic rings. The third-order valence-electron chi connectivity index (χ3n) is 2.75. The predicted octanol–water partition coefficient (Wildman–Crippen LogP) is 2.72. The minimum absolute atomic E-state index is 0.0146. The first-order valence-electron chi connectivity index (χ1n) is 5.56. The lowest BCUT2D eigenvalue weighted by Crippen LogP contribution is -2.28. The number of fused-ring (bicyclic) bond motifs is 1. The molecule has 1 aliphatic heterocycles. The Balaban J connectivity index is 2.16. The second-order valence-corrected chi connectivity index (χ2v) is 4.34. The highest BCUT2D eigenvalue weighted by Crippen LogP contribution is 2.36. The van der Waals surface area contributed by atoms with Gasteiger partial charge in [-0.2, -0.15) is 0 Å². The van der Waals surface area contributed by atoms with Crippen molar-refractivity contribution in [2.24, 2.45) is 0 Å². The molecular formula is C12H15ClN2O. The van der Waals surface area contributed by atoms with Crippen LogP contribution in [-0.2, 0) is 4.79 Å². The van der Waals surface area contributed by atoms with Crippen LogP contribution in [0.5, 0.6) is 0 Å². The molecule has 1 aromatic carbocycles. The average Bonchev–Trinajstić information content (AvgIpc) is 2.58. The Labute approximate surface area is 100 Å². The number of amides is 1. The number of hydrogen-bond acceptors (Lipinski definition) is 2. The summed E-state index contributed by atoms with van der Waals surface area (Å²) in [6.07, 6.45) is 2.18. The van der Waals surface area contributed by atoms with E-state index in [1.807, 2.05) is 12.1 Å². The van der Waals surface area contributed by atoms with Crippen molar-refractivity contribution in [2.75, 3.05) is 11.9 Å². The monoisotopic (exact) mass is 238 g/mol. The van der Waals surface area contributed by atoms with Gasteiger partial charge in [-0.1, -0.05) is 37.1 Å². The number of carbonyl (C=O) groups excluding carboxylic acids is 1. The Kier molecular flexibility index (Phi) is 3.46. The number of anilines is 1. The van der Waals surface area contributed by atoms with Crippen molar-refractivity contribution in [2.45, 2.75) is 25.8 Å². The normalized spacial score (nSPS) is 18.4. The van der Waals surface area contributed by atoms with E-state index in [4.69, 9.17) is 11.6 Å². The molecule has 0 bridgehead atoms. The molecule has 1 heterocycles. The fourth-order valence-corrected chi connectivity index (χ4v) is 2.10. The molecule has 2 N–H and O–H groups in total. The molecule has 0 aromatic heterocycles. The zero-order valence-electron chi connectivity index (χ0n) is 9.22. The van der Waals surface area contributed by atoms with Crippen LogP contribution in [0, 0.1) is 0 Å². The fraction of sp³-hybridized carbons (Fsp3) is 0.417. The molecule has 16 heavy (non-hydrogen) atoms. The zero-order chi connectivity index (χ0) is 11.5. The summed E-state index contributed by atoms with van der Waals surface area (Å²) in [4.78, 5) is 11.7. The van der Waals surface area contributed by atoms with Crippen LogP contribution in [-0.4, -0.2) is 12.5 Å². The van der Waals surface area contributed by atoms with E-state index in [2.05, 4.69) is 17.6 Å². The van der Waals surface area contributed by atoms with Gasteiger partial charge in [0.1, 0.15) is 6.04 Å². The maximum atomic E-state index is 11.7. The molecular weight excluding hydrogens is 224 g/mol. The van der Waals surface area contributed by atoms with Crippen molar-refractivity contribution in [1.82, 2.24) is 5.32 Å². The van der Waals surface area contributed by atoms with E-state index < -0.39 is 0 Å². The summed E-state index contributed by atoms with van der Waals surface area (Å²) in [5.74, 6) is -0.0146. The summed E-state index contributed by atoms with van der Waals surface area (Å²) in [6, 6.07) is 5.34. The lowest BCUT2D eigenvalue weighted by atomic mass is 10.1. The summed E-state index contributed by atoms with van der Waals surface area (Å²) in [5, 5.41) is 6.66. The molecule has 86 valence electrons. The number of nitrogens with one attached hydrogen (secondary N) is 2. The van der Waals surface area contributed by atoms with Crippen molar-refractivity contribution in [3.63, 3.8) is 0 Å². The van der Waals surface area contributed by atoms with Crippen LogP contribution >= 0.6 is 11.6 Å². The number of halogens is 1. The highest BCUT2D eigenvalue weighted by molar-refractivity contribution is 6.34. The number of rotatable bonds is 4. The molecule has 1 amide bonds. The Bertz CT molecular complexity index is 406. The van der Waals surface area contributed by atoms with Crippen LogP contribution < -0.4 is 10.6 Å². The molecule has 0 radical (unpaired) electrons. The minimum Gasteiger partial charge on any atom is -0.323 e. The Morgan fingerprint density at radius 1 is 1.50 bits per heavy atom. The Morgan fingerprint density at radius 3 is 3.06 bits per heavy atom. The predicted molar refractivity (Wildman–Crippen MR) is 65.7 cm³/mol. The van der Waals surface area contributed by atoms with Gasteiger partial charge in [0, 0.05) is 5.56 Å². The molecule has 0 spiro atoms. The van der Waals surface area contributed by atoms with Crippen molar-refractivity contribution < 1.29 is 4.79 Å². The molecule has 0 fully saturated rings. The van der Waals surface area contributed by atoms with Gasteiger partial charge in [0.2, 0.25) is 5.91 Å². The molecule has 4 heteroatoms. The minimum atomic E-state index is -0.250. The van der Waals surface area contributed by atoms with Crippen LogP contribution in [0.1, 0.15) is 31.4 Å². The molecule has 1 aromatic rings. The molecule has 0 aliphatic carbocycles. The molecule has 3 nitrogen and oxygen atoms in total. The largest absolute Gasteiger partial charge is 0.323 e. The van der Waals surface area contributed by atoms with Gasteiger partial charge in [-0.05, 0) is 19.0 Å². The third-order valence-corrected chi connectivity index (χ3v) is 3.06. The first-order valence-corrected chi connectivity index (χ1v) is 5.94. The van der Waals surface area contributed by atoms with Crippen molar-refractivity contribution in [3.05, 3.63) is 28.8 Å². The van der Waals surface area contributed by atoms with Crippen LogP contribution in [0.2, 0.25) is 5.02 Å². The number of para-hydroxylation sites is 1. The standard InChI is InChI=1S/C12H15ClN2O/c1-2-3-7-14-11-8-5-4-6-9(13)10(8)15-12(11)16/h4-6,11,14H,2-3,7H2,1H3,(H,15,16). The van der Waals surface area contributed by atoms with E-state index in [-0.39, 0.29) is 11.9 Å². The van der Waals surface area contributed by atoms with Gasteiger partial charge in [-0.25, -0.2) is 0 Å². The zero-order valence-corrected chi connectivity index (χ0v) is 9.97. The quantitative estimate of drug-likeness (QED) is 0.792. The SMILES string of the molecule is CCCCNC1C(=O)Nc2c(Cl)cccc21. The van der Waals surface area contributed by atoms with Crippen LogP contribution in [0.3, 0.4) is 0 Å². The number of carbonyl (C=O) groups is 1. The summed E-state index contributed by atoms with van der Waals surface area (Å²) in [6.45, 7) is 2.97. The fourth-order valence-electron chi connectivity index (χ4n) is 1.88. The van der Waals surface area contributed by atoms with Gasteiger partial charge in [0.25, 0.3) is 0 Å². The molecule has 0 saturated carbocycles. The number of hydrogen-bond donors (Lipinski definition) is 2. The van der Waals surface area contributed by atoms with Crippen molar-refractivity contribution in [1.29, 1.82) is 0 Å². The van der Waals surface area contributed by atoms with E-state index in [9.17, 15) is 4.79 Å². The van der Waals surface area contributed by atoms with Crippen molar-refractivity contribution in [3.8, 4) is 0 Å². The van der Waals surface area contributed by atoms with Crippen LogP contribution in [0.4, 0.5) is 5.69 Å². The van der Waals surface area contributed by atoms with Gasteiger partial charge < -0.3 is 10.6 Å². The van der Waals surface area contributed by atoms with E-state index >= 15 is 0 Å². The number of benzene rings is 1. The summed E-state index contributed by atoms with van der Waals surface area (Å²) in [5.41, 5.74) is 1.71. The summed E-state index contributed by atoms with van der Waals surface area (Å²) < 4.78 is 0. The van der Waals surface area contributed by atoms with Gasteiger partial charge in [0.15, 0.2) is 0 Å². The van der Waals surface area contributed by atoms with Crippen molar-refractivity contribution >= 4 is 23.2 Å². The first kappa shape index (κ1) is 11.4. The maximum Gasteiger partial charge on any atom is 0.246 e. The van der Waals surface area contributed by atoms with E-state index in [1.54, 1.807) is 6.07 Å². The Morgan fingerprint density at radius 2 is 2.31 bits per heavy atom. The van der Waals surface area contributed by atoms with Gasteiger partial charge in [0.05, 0.1) is 10.7 Å². The van der Waals surface area contributed by atoms with Crippen LogP contribution in [0.25, 0.3) is 0 Å². The summed E-state index contributed by atoms with van der Waals surface area (Å²) >= 11 is 6.02. The van der Waals surface area contributed by atoms with E-state index in [1.165, 1.54) is 0 Å². The average molecular weight is 239 g/mol. The molecule has 1 unspecified atom stereocenters. The smallest absolute Gasteiger partial charge is 0.246 e. The topological polar surface area (TPSA) is 41.1 Å². The van der Waals surface area contributed by atoms with Gasteiger partial charge in [-0.3, -0.25) is 4.79 Å². The van der Waals surface area contributed by atoms with Gasteiger partial charge in [-0.15, -0.1) is 0 Å². The lowest BCUT2D eigenvalue weighted by molar-refractivity contribution is -0.117. The highest BCUT2D eigenvalue weighted by Gasteiger charge is 2.30.